The van der Waals surface area contributed by atoms with Crippen LogP contribution in [0.3, 0.4) is 0 Å². The highest BCUT2D eigenvalue weighted by Crippen LogP contribution is 2.25. The molecule has 1 atom stereocenters. The topological polar surface area (TPSA) is 75.3 Å². The van der Waals surface area contributed by atoms with Crippen LogP contribution >= 0.6 is 23.2 Å². The van der Waals surface area contributed by atoms with Crippen LogP contribution in [-0.2, 0) is 14.4 Å². The van der Waals surface area contributed by atoms with Crippen molar-refractivity contribution in [2.24, 2.45) is 0 Å². The molecular formula is C14H12Cl2N2O3. The second kappa shape index (κ2) is 6.74. The standard InChI is InChI=1S/C14H12Cl2N2O3/c15-9-2-1-3-10(16)8(9)4-6-12(19)17-11-5-7-13(20)18-14(11)21/h1-4,6,11H,5,7H2,(H,17,19)(H,18,20,21). The monoisotopic (exact) mass is 326 g/mol. The lowest BCUT2D eigenvalue weighted by Gasteiger charge is -2.21. The number of amides is 3. The van der Waals surface area contributed by atoms with E-state index in [0.29, 0.717) is 15.6 Å². The lowest BCUT2D eigenvalue weighted by atomic mass is 10.1. The van der Waals surface area contributed by atoms with Gasteiger partial charge in [-0.2, -0.15) is 0 Å². The van der Waals surface area contributed by atoms with Gasteiger partial charge in [0.2, 0.25) is 17.7 Å². The molecule has 3 amide bonds. The first-order valence-corrected chi connectivity index (χ1v) is 6.99. The highest BCUT2D eigenvalue weighted by molar-refractivity contribution is 6.37. The maximum atomic E-state index is 11.8. The number of halogens is 2. The van der Waals surface area contributed by atoms with Crippen molar-refractivity contribution >= 4 is 47.0 Å². The summed E-state index contributed by atoms with van der Waals surface area (Å²) < 4.78 is 0. The van der Waals surface area contributed by atoms with Gasteiger partial charge >= 0.3 is 0 Å². The minimum atomic E-state index is -0.707. The maximum absolute atomic E-state index is 11.8. The van der Waals surface area contributed by atoms with E-state index in [1.54, 1.807) is 18.2 Å². The van der Waals surface area contributed by atoms with Gasteiger partial charge in [0.25, 0.3) is 0 Å². The molecule has 2 rings (SSSR count). The zero-order chi connectivity index (χ0) is 15.4. The molecule has 0 radical (unpaired) electrons. The van der Waals surface area contributed by atoms with Crippen LogP contribution in [-0.4, -0.2) is 23.8 Å². The Labute approximate surface area is 131 Å². The lowest BCUT2D eigenvalue weighted by molar-refractivity contribution is -0.136. The number of hydrogen-bond donors (Lipinski definition) is 2. The number of hydrogen-bond acceptors (Lipinski definition) is 3. The second-order valence-electron chi connectivity index (χ2n) is 4.48. The highest BCUT2D eigenvalue weighted by atomic mass is 35.5. The fourth-order valence-corrected chi connectivity index (χ4v) is 2.40. The minimum Gasteiger partial charge on any atom is -0.341 e. The van der Waals surface area contributed by atoms with E-state index in [-0.39, 0.29) is 18.7 Å². The molecule has 21 heavy (non-hydrogen) atoms. The molecule has 1 saturated heterocycles. The Balaban J connectivity index is 2.00. The van der Waals surface area contributed by atoms with Gasteiger partial charge in [-0.15, -0.1) is 0 Å². The van der Waals surface area contributed by atoms with Gasteiger partial charge in [0, 0.05) is 28.1 Å². The average Bonchev–Trinajstić information content (AvgIpc) is 2.41. The highest BCUT2D eigenvalue weighted by Gasteiger charge is 2.27. The summed E-state index contributed by atoms with van der Waals surface area (Å²) in [5, 5.41) is 5.54. The molecule has 0 saturated carbocycles. The van der Waals surface area contributed by atoms with Gasteiger partial charge in [0.1, 0.15) is 6.04 Å². The average molecular weight is 327 g/mol. The molecule has 110 valence electrons. The second-order valence-corrected chi connectivity index (χ2v) is 5.30. The summed E-state index contributed by atoms with van der Waals surface area (Å²) in [5.74, 6) is -1.28. The first-order valence-electron chi connectivity index (χ1n) is 6.23. The quantitative estimate of drug-likeness (QED) is 0.658. The molecule has 7 heteroatoms. The lowest BCUT2D eigenvalue weighted by Crippen LogP contribution is -2.51. The molecule has 1 aromatic rings. The number of nitrogens with one attached hydrogen (secondary N) is 2. The molecule has 1 aromatic carbocycles. The van der Waals surface area contributed by atoms with E-state index in [1.165, 1.54) is 12.2 Å². The first-order chi connectivity index (χ1) is 9.97. The zero-order valence-corrected chi connectivity index (χ0v) is 12.4. The van der Waals surface area contributed by atoms with E-state index >= 15 is 0 Å². The van der Waals surface area contributed by atoms with Gasteiger partial charge in [-0.25, -0.2) is 0 Å². The van der Waals surface area contributed by atoms with Crippen LogP contribution < -0.4 is 10.6 Å². The Hall–Kier alpha value is -1.85. The molecule has 0 aliphatic carbocycles. The van der Waals surface area contributed by atoms with Gasteiger partial charge in [-0.05, 0) is 24.6 Å². The van der Waals surface area contributed by atoms with Crippen molar-refractivity contribution in [1.29, 1.82) is 0 Å². The molecular weight excluding hydrogens is 315 g/mol. The van der Waals surface area contributed by atoms with Crippen LogP contribution in [0.5, 0.6) is 0 Å². The summed E-state index contributed by atoms with van der Waals surface area (Å²) in [7, 11) is 0. The fourth-order valence-electron chi connectivity index (χ4n) is 1.88. The van der Waals surface area contributed by atoms with Gasteiger partial charge in [0.05, 0.1) is 0 Å². The number of imide groups is 1. The predicted octanol–water partition coefficient (Wildman–Crippen LogP) is 1.93. The van der Waals surface area contributed by atoms with Crippen LogP contribution in [0.4, 0.5) is 0 Å². The van der Waals surface area contributed by atoms with Crippen molar-refractivity contribution in [2.45, 2.75) is 18.9 Å². The molecule has 1 heterocycles. The minimum absolute atomic E-state index is 0.205. The van der Waals surface area contributed by atoms with Crippen LogP contribution in [0.25, 0.3) is 6.08 Å². The summed E-state index contributed by atoms with van der Waals surface area (Å²) in [4.78, 5) is 34.3. The number of carbonyl (C=O) groups excluding carboxylic acids is 3. The Morgan fingerprint density at radius 3 is 2.57 bits per heavy atom. The van der Waals surface area contributed by atoms with Crippen LogP contribution in [0.1, 0.15) is 18.4 Å². The Bertz CT molecular complexity index is 608. The third-order valence-electron chi connectivity index (χ3n) is 2.96. The Morgan fingerprint density at radius 1 is 1.29 bits per heavy atom. The molecule has 1 fully saturated rings. The molecule has 5 nitrogen and oxygen atoms in total. The summed E-state index contributed by atoms with van der Waals surface area (Å²) in [6.45, 7) is 0. The van der Waals surface area contributed by atoms with E-state index in [4.69, 9.17) is 23.2 Å². The van der Waals surface area contributed by atoms with E-state index in [9.17, 15) is 14.4 Å². The third-order valence-corrected chi connectivity index (χ3v) is 3.62. The summed E-state index contributed by atoms with van der Waals surface area (Å²) in [6.07, 6.45) is 3.22. The molecule has 1 aliphatic heterocycles. The SMILES string of the molecule is O=C(C=Cc1c(Cl)cccc1Cl)NC1CCC(=O)NC1=O. The van der Waals surface area contributed by atoms with E-state index < -0.39 is 17.9 Å². The van der Waals surface area contributed by atoms with Gasteiger partial charge in [0.15, 0.2) is 0 Å². The predicted molar refractivity (Wildman–Crippen MR) is 79.8 cm³/mol. The maximum Gasteiger partial charge on any atom is 0.249 e. The van der Waals surface area contributed by atoms with Crippen molar-refractivity contribution in [1.82, 2.24) is 10.6 Å². The normalized spacial score (nSPS) is 18.7. The van der Waals surface area contributed by atoms with Crippen LogP contribution in [0, 0.1) is 0 Å². The zero-order valence-electron chi connectivity index (χ0n) is 10.9. The van der Waals surface area contributed by atoms with Gasteiger partial charge < -0.3 is 5.32 Å². The molecule has 1 unspecified atom stereocenters. The number of rotatable bonds is 3. The molecule has 1 aliphatic rings. The largest absolute Gasteiger partial charge is 0.341 e. The molecule has 2 N–H and O–H groups in total. The Kier molecular flexibility index (Phi) is 4.98. The smallest absolute Gasteiger partial charge is 0.249 e. The molecule has 0 aromatic heterocycles. The van der Waals surface area contributed by atoms with Crippen LogP contribution in [0.2, 0.25) is 10.0 Å². The van der Waals surface area contributed by atoms with Crippen molar-refractivity contribution < 1.29 is 14.4 Å². The van der Waals surface area contributed by atoms with Crippen molar-refractivity contribution in [2.75, 3.05) is 0 Å². The third kappa shape index (κ3) is 4.06. The summed E-state index contributed by atoms with van der Waals surface area (Å²) in [5.41, 5.74) is 0.527. The Morgan fingerprint density at radius 2 is 1.95 bits per heavy atom. The fraction of sp³-hybridized carbons (Fsp3) is 0.214. The summed E-state index contributed by atoms with van der Waals surface area (Å²) >= 11 is 12.0. The van der Waals surface area contributed by atoms with Gasteiger partial charge in [-0.3, -0.25) is 19.7 Å². The van der Waals surface area contributed by atoms with Crippen LogP contribution in [0.15, 0.2) is 24.3 Å². The molecule has 0 bridgehead atoms. The van der Waals surface area contributed by atoms with Crippen molar-refractivity contribution in [3.63, 3.8) is 0 Å². The van der Waals surface area contributed by atoms with Gasteiger partial charge in [-0.1, -0.05) is 29.3 Å². The van der Waals surface area contributed by atoms with E-state index in [0.717, 1.165) is 0 Å². The molecule has 0 spiro atoms. The first kappa shape index (κ1) is 15.5. The number of carbonyl (C=O) groups is 3. The van der Waals surface area contributed by atoms with E-state index in [1.807, 2.05) is 0 Å². The van der Waals surface area contributed by atoms with E-state index in [2.05, 4.69) is 10.6 Å². The van der Waals surface area contributed by atoms with Crippen molar-refractivity contribution in [3.05, 3.63) is 39.9 Å². The number of piperidine rings is 1. The summed E-state index contributed by atoms with van der Waals surface area (Å²) in [6, 6.07) is 4.31. The van der Waals surface area contributed by atoms with Crippen molar-refractivity contribution in [3.8, 4) is 0 Å². The number of benzene rings is 1.